The molecule has 0 aliphatic carbocycles. The summed E-state index contributed by atoms with van der Waals surface area (Å²) < 4.78 is 36.3. The number of rotatable bonds is 4. The van der Waals surface area contributed by atoms with Gasteiger partial charge in [-0.05, 0) is 29.7 Å². The van der Waals surface area contributed by atoms with Crippen molar-refractivity contribution in [1.29, 1.82) is 0 Å². The molecule has 0 bridgehead atoms. The third-order valence-corrected chi connectivity index (χ3v) is 6.92. The van der Waals surface area contributed by atoms with E-state index in [4.69, 9.17) is 0 Å². The van der Waals surface area contributed by atoms with E-state index in [1.807, 2.05) is 24.3 Å². The molecule has 1 aromatic heterocycles. The zero-order valence-corrected chi connectivity index (χ0v) is 15.6. The number of hydrogen-bond acceptors (Lipinski definition) is 7. The molecule has 0 N–H and O–H groups in total. The van der Waals surface area contributed by atoms with Crippen LogP contribution in [0.15, 0.2) is 59.6 Å². The topological polar surface area (TPSA) is 106 Å². The molecule has 8 nitrogen and oxygen atoms in total. The lowest BCUT2D eigenvalue weighted by Gasteiger charge is -2.35. The molecule has 2 heterocycles. The van der Waals surface area contributed by atoms with Crippen molar-refractivity contribution in [1.82, 2.24) is 13.1 Å². The Morgan fingerprint density at radius 3 is 2.56 bits per heavy atom. The molecule has 2 aromatic carbocycles. The van der Waals surface area contributed by atoms with Gasteiger partial charge < -0.3 is 0 Å². The molecule has 0 amide bonds. The first-order valence-corrected chi connectivity index (χ1v) is 10.3. The Bertz CT molecular complexity index is 1080. The van der Waals surface area contributed by atoms with Gasteiger partial charge in [0.25, 0.3) is 5.69 Å². The Kier molecular flexibility index (Phi) is 4.46. The Morgan fingerprint density at radius 2 is 1.89 bits per heavy atom. The molecule has 0 radical (unpaired) electrons. The largest absolute Gasteiger partial charge is 0.269 e. The maximum atomic E-state index is 13.3. The molecule has 1 aliphatic rings. The van der Waals surface area contributed by atoms with Crippen molar-refractivity contribution in [2.24, 2.45) is 0 Å². The first-order valence-electron chi connectivity index (χ1n) is 8.10. The van der Waals surface area contributed by atoms with Gasteiger partial charge in [0.2, 0.25) is 10.0 Å². The lowest BCUT2D eigenvalue weighted by molar-refractivity contribution is -0.384. The summed E-state index contributed by atoms with van der Waals surface area (Å²) >= 11 is 1.03. The molecular formula is C17H14N4O4S2. The molecule has 1 atom stereocenters. The fraction of sp³-hybridized carbons (Fsp3) is 0.176. The summed E-state index contributed by atoms with van der Waals surface area (Å²) in [5.41, 5.74) is 2.36. The standard InChI is InChI=1S/C17H14N4O4S2/c22-21(23)13-5-7-14(8-6-13)27(24,25)20-10-9-12-3-1-2-4-15(12)17(20)16-11-18-26-19-16/h1-8,11,17H,9-10H2. The van der Waals surface area contributed by atoms with E-state index in [0.717, 1.165) is 22.9 Å². The van der Waals surface area contributed by atoms with Crippen LogP contribution in [0, 0.1) is 10.1 Å². The number of nitro benzene ring substituents is 1. The monoisotopic (exact) mass is 402 g/mol. The van der Waals surface area contributed by atoms with E-state index in [-0.39, 0.29) is 10.6 Å². The fourth-order valence-electron chi connectivity index (χ4n) is 3.28. The van der Waals surface area contributed by atoms with Gasteiger partial charge in [-0.25, -0.2) is 8.42 Å². The quantitative estimate of drug-likeness (QED) is 0.491. The lowest BCUT2D eigenvalue weighted by Crippen LogP contribution is -2.40. The Labute approximate surface area is 159 Å². The molecule has 27 heavy (non-hydrogen) atoms. The predicted molar refractivity (Wildman–Crippen MR) is 98.9 cm³/mol. The van der Waals surface area contributed by atoms with Crippen molar-refractivity contribution in [2.75, 3.05) is 6.54 Å². The summed E-state index contributed by atoms with van der Waals surface area (Å²) in [5, 5.41) is 10.8. The van der Waals surface area contributed by atoms with Gasteiger partial charge in [-0.2, -0.15) is 13.1 Å². The van der Waals surface area contributed by atoms with Crippen molar-refractivity contribution in [3.63, 3.8) is 0 Å². The predicted octanol–water partition coefficient (Wildman–Crippen LogP) is 2.78. The summed E-state index contributed by atoms with van der Waals surface area (Å²) in [6.07, 6.45) is 2.16. The van der Waals surface area contributed by atoms with Crippen molar-refractivity contribution in [3.05, 3.63) is 81.7 Å². The van der Waals surface area contributed by atoms with E-state index in [1.165, 1.54) is 28.6 Å². The van der Waals surface area contributed by atoms with Gasteiger partial charge in [0.1, 0.15) is 0 Å². The number of sulfonamides is 1. The normalized spacial score (nSPS) is 17.4. The third-order valence-electron chi connectivity index (χ3n) is 4.55. The van der Waals surface area contributed by atoms with Crippen LogP contribution in [0.5, 0.6) is 0 Å². The minimum atomic E-state index is -3.87. The molecule has 0 fully saturated rings. The van der Waals surface area contributed by atoms with Gasteiger partial charge in [-0.3, -0.25) is 10.1 Å². The first-order chi connectivity index (χ1) is 13.0. The van der Waals surface area contributed by atoms with Crippen LogP contribution in [0.3, 0.4) is 0 Å². The van der Waals surface area contributed by atoms with E-state index in [2.05, 4.69) is 8.75 Å². The van der Waals surface area contributed by atoms with Crippen LogP contribution in [-0.4, -0.2) is 32.9 Å². The number of benzene rings is 2. The lowest BCUT2D eigenvalue weighted by atomic mass is 9.93. The molecular weight excluding hydrogens is 388 g/mol. The average molecular weight is 402 g/mol. The van der Waals surface area contributed by atoms with Crippen LogP contribution in [0.4, 0.5) is 5.69 Å². The van der Waals surface area contributed by atoms with E-state index >= 15 is 0 Å². The van der Waals surface area contributed by atoms with E-state index in [1.54, 1.807) is 6.20 Å². The van der Waals surface area contributed by atoms with E-state index in [0.29, 0.717) is 18.7 Å². The smallest absolute Gasteiger partial charge is 0.258 e. The highest BCUT2D eigenvalue weighted by Crippen LogP contribution is 2.38. The summed E-state index contributed by atoms with van der Waals surface area (Å²) in [6.45, 7) is 0.290. The molecule has 4 rings (SSSR count). The summed E-state index contributed by atoms with van der Waals surface area (Å²) in [4.78, 5) is 10.3. The number of non-ortho nitro benzene ring substituents is 1. The zero-order chi connectivity index (χ0) is 19.0. The molecule has 1 unspecified atom stereocenters. The van der Waals surface area contributed by atoms with Crippen molar-refractivity contribution < 1.29 is 13.3 Å². The van der Waals surface area contributed by atoms with Crippen LogP contribution in [-0.2, 0) is 16.4 Å². The second-order valence-corrected chi connectivity index (χ2v) is 8.50. The number of aromatic nitrogens is 2. The number of fused-ring (bicyclic) bond motifs is 1. The highest BCUT2D eigenvalue weighted by atomic mass is 32.2. The highest BCUT2D eigenvalue weighted by Gasteiger charge is 2.38. The number of nitro groups is 1. The average Bonchev–Trinajstić information content (AvgIpc) is 3.21. The summed E-state index contributed by atoms with van der Waals surface area (Å²) in [7, 11) is -3.87. The number of hydrogen-bond donors (Lipinski definition) is 0. The Balaban J connectivity index is 1.80. The molecule has 10 heteroatoms. The van der Waals surface area contributed by atoms with Gasteiger partial charge in [0.15, 0.2) is 0 Å². The molecule has 0 saturated heterocycles. The van der Waals surface area contributed by atoms with Crippen LogP contribution in [0.25, 0.3) is 0 Å². The van der Waals surface area contributed by atoms with E-state index < -0.39 is 21.0 Å². The van der Waals surface area contributed by atoms with Crippen molar-refractivity contribution >= 4 is 27.4 Å². The highest BCUT2D eigenvalue weighted by molar-refractivity contribution is 7.89. The summed E-state index contributed by atoms with van der Waals surface area (Å²) in [6, 6.07) is 12.0. The van der Waals surface area contributed by atoms with Gasteiger partial charge in [0, 0.05) is 18.7 Å². The minimum Gasteiger partial charge on any atom is -0.258 e. The second kappa shape index (κ2) is 6.80. The maximum Gasteiger partial charge on any atom is 0.269 e. The van der Waals surface area contributed by atoms with Crippen molar-refractivity contribution in [3.8, 4) is 0 Å². The first kappa shape index (κ1) is 17.7. The zero-order valence-electron chi connectivity index (χ0n) is 13.9. The van der Waals surface area contributed by atoms with Gasteiger partial charge in [0.05, 0.1) is 39.5 Å². The summed E-state index contributed by atoms with van der Waals surface area (Å²) in [5.74, 6) is 0. The molecule has 0 spiro atoms. The second-order valence-electron chi connectivity index (χ2n) is 6.05. The van der Waals surface area contributed by atoms with E-state index in [9.17, 15) is 18.5 Å². The minimum absolute atomic E-state index is 0.0145. The Hall–Kier alpha value is -2.69. The fourth-order valence-corrected chi connectivity index (χ4v) is 5.30. The third kappa shape index (κ3) is 3.11. The molecule has 3 aromatic rings. The SMILES string of the molecule is O=[N+]([O-])c1ccc(S(=O)(=O)N2CCc3ccccc3C2c2cnsn2)cc1. The van der Waals surface area contributed by atoms with Crippen LogP contribution in [0.1, 0.15) is 22.9 Å². The molecule has 0 saturated carbocycles. The van der Waals surface area contributed by atoms with Gasteiger partial charge in [-0.1, -0.05) is 24.3 Å². The van der Waals surface area contributed by atoms with Gasteiger partial charge in [-0.15, -0.1) is 0 Å². The maximum absolute atomic E-state index is 13.3. The molecule has 138 valence electrons. The van der Waals surface area contributed by atoms with Crippen LogP contribution >= 0.6 is 11.7 Å². The van der Waals surface area contributed by atoms with Crippen LogP contribution in [0.2, 0.25) is 0 Å². The van der Waals surface area contributed by atoms with Crippen LogP contribution < -0.4 is 0 Å². The number of nitrogens with zero attached hydrogens (tertiary/aromatic N) is 4. The Morgan fingerprint density at radius 1 is 1.15 bits per heavy atom. The molecule has 1 aliphatic heterocycles. The van der Waals surface area contributed by atoms with Crippen molar-refractivity contribution in [2.45, 2.75) is 17.4 Å². The van der Waals surface area contributed by atoms with Gasteiger partial charge >= 0.3 is 0 Å².